The third kappa shape index (κ3) is 2.86. The zero-order valence-electron chi connectivity index (χ0n) is 8.90. The van der Waals surface area contributed by atoms with E-state index in [-0.39, 0.29) is 0 Å². The molecule has 0 bridgehead atoms. The van der Waals surface area contributed by atoms with Crippen LogP contribution < -0.4 is 10.5 Å². The number of anilines is 2. The third-order valence-electron chi connectivity index (χ3n) is 2.32. The summed E-state index contributed by atoms with van der Waals surface area (Å²) in [7, 11) is -3.32. The average Bonchev–Trinajstić information content (AvgIpc) is 2.20. The van der Waals surface area contributed by atoms with Crippen LogP contribution >= 0.6 is 0 Å². The molecule has 15 heavy (non-hydrogen) atoms. The largest absolute Gasteiger partial charge is 0.397 e. The number of para-hydroxylation sites is 2. The van der Waals surface area contributed by atoms with Crippen molar-refractivity contribution in [3.05, 3.63) is 24.3 Å². The van der Waals surface area contributed by atoms with Gasteiger partial charge in [-0.15, -0.1) is 0 Å². The van der Waals surface area contributed by atoms with Crippen LogP contribution in [0, 0.1) is 0 Å². The Hall–Kier alpha value is -1.23. The van der Waals surface area contributed by atoms with Crippen molar-refractivity contribution in [2.45, 2.75) is 25.5 Å². The topological polar surface area (TPSA) is 72.2 Å². The second-order valence-electron chi connectivity index (χ2n) is 3.45. The first-order valence-electron chi connectivity index (χ1n) is 4.83. The predicted octanol–water partition coefficient (Wildman–Crippen LogP) is 1.81. The number of hydrogen-bond acceptors (Lipinski definition) is 3. The molecule has 84 valence electrons. The van der Waals surface area contributed by atoms with Crippen LogP contribution in [-0.2, 0) is 10.0 Å². The molecule has 0 saturated heterocycles. The SMILES string of the molecule is CCC(C)S(=O)(=O)Nc1ccccc1N. The van der Waals surface area contributed by atoms with E-state index in [1.165, 1.54) is 0 Å². The molecular weight excluding hydrogens is 212 g/mol. The van der Waals surface area contributed by atoms with Gasteiger partial charge in [0.05, 0.1) is 16.6 Å². The molecule has 3 N–H and O–H groups in total. The van der Waals surface area contributed by atoms with Gasteiger partial charge in [0, 0.05) is 0 Å². The van der Waals surface area contributed by atoms with Crippen molar-refractivity contribution < 1.29 is 8.42 Å². The van der Waals surface area contributed by atoms with Crippen LogP contribution in [0.25, 0.3) is 0 Å². The van der Waals surface area contributed by atoms with Gasteiger partial charge in [-0.2, -0.15) is 0 Å². The lowest BCUT2D eigenvalue weighted by Gasteiger charge is -2.14. The summed E-state index contributed by atoms with van der Waals surface area (Å²) in [5.41, 5.74) is 6.52. The van der Waals surface area contributed by atoms with Gasteiger partial charge < -0.3 is 5.73 Å². The van der Waals surface area contributed by atoms with Crippen molar-refractivity contribution in [1.82, 2.24) is 0 Å². The summed E-state index contributed by atoms with van der Waals surface area (Å²) in [5.74, 6) is 0. The van der Waals surface area contributed by atoms with E-state index >= 15 is 0 Å². The zero-order valence-corrected chi connectivity index (χ0v) is 9.71. The van der Waals surface area contributed by atoms with E-state index in [1.54, 1.807) is 31.2 Å². The van der Waals surface area contributed by atoms with Crippen LogP contribution in [-0.4, -0.2) is 13.7 Å². The van der Waals surface area contributed by atoms with E-state index in [4.69, 9.17) is 5.73 Å². The second kappa shape index (κ2) is 4.53. The van der Waals surface area contributed by atoms with E-state index < -0.39 is 15.3 Å². The normalized spacial score (nSPS) is 13.5. The Morgan fingerprint density at radius 1 is 1.40 bits per heavy atom. The molecule has 4 nitrogen and oxygen atoms in total. The van der Waals surface area contributed by atoms with Crippen LogP contribution in [0.4, 0.5) is 11.4 Å². The molecule has 1 aromatic carbocycles. The molecule has 1 rings (SSSR count). The maximum absolute atomic E-state index is 11.7. The third-order valence-corrected chi connectivity index (χ3v) is 4.21. The van der Waals surface area contributed by atoms with Crippen LogP contribution in [0.15, 0.2) is 24.3 Å². The first-order valence-corrected chi connectivity index (χ1v) is 6.38. The highest BCUT2D eigenvalue weighted by atomic mass is 32.2. The molecule has 0 aromatic heterocycles. The summed E-state index contributed by atoms with van der Waals surface area (Å²) in [6, 6.07) is 6.81. The molecule has 0 aliphatic rings. The lowest BCUT2D eigenvalue weighted by Crippen LogP contribution is -2.24. The minimum Gasteiger partial charge on any atom is -0.397 e. The lowest BCUT2D eigenvalue weighted by molar-refractivity contribution is 0.586. The molecule has 0 saturated carbocycles. The minimum absolute atomic E-state index is 0.419. The average molecular weight is 228 g/mol. The molecule has 0 heterocycles. The fourth-order valence-corrected chi connectivity index (χ4v) is 2.20. The number of sulfonamides is 1. The number of nitrogens with two attached hydrogens (primary N) is 1. The molecule has 0 aliphatic carbocycles. The predicted molar refractivity (Wildman–Crippen MR) is 63.1 cm³/mol. The van der Waals surface area contributed by atoms with E-state index in [0.717, 1.165) is 0 Å². The first-order chi connectivity index (χ1) is 6.97. The molecular formula is C10H16N2O2S. The van der Waals surface area contributed by atoms with E-state index in [2.05, 4.69) is 4.72 Å². The van der Waals surface area contributed by atoms with Gasteiger partial charge >= 0.3 is 0 Å². The molecule has 0 spiro atoms. The van der Waals surface area contributed by atoms with Gasteiger partial charge in [0.2, 0.25) is 10.0 Å². The van der Waals surface area contributed by atoms with E-state index in [1.807, 2.05) is 6.92 Å². The van der Waals surface area contributed by atoms with Crippen LogP contribution in [0.2, 0.25) is 0 Å². The molecule has 0 amide bonds. The van der Waals surface area contributed by atoms with Crippen molar-refractivity contribution in [3.63, 3.8) is 0 Å². The van der Waals surface area contributed by atoms with Crippen molar-refractivity contribution in [3.8, 4) is 0 Å². The highest BCUT2D eigenvalue weighted by Gasteiger charge is 2.19. The Kier molecular flexibility index (Phi) is 3.57. The standard InChI is InChI=1S/C10H16N2O2S/c1-3-8(2)15(13,14)12-10-7-5-4-6-9(10)11/h4-8,12H,3,11H2,1-2H3. The van der Waals surface area contributed by atoms with Crippen LogP contribution in [0.3, 0.4) is 0 Å². The van der Waals surface area contributed by atoms with E-state index in [0.29, 0.717) is 17.8 Å². The Balaban J connectivity index is 2.92. The number of rotatable bonds is 4. The molecule has 0 aliphatic heterocycles. The monoisotopic (exact) mass is 228 g/mol. The summed E-state index contributed by atoms with van der Waals surface area (Å²) in [4.78, 5) is 0. The molecule has 1 unspecified atom stereocenters. The maximum Gasteiger partial charge on any atom is 0.235 e. The molecule has 1 aromatic rings. The van der Waals surface area contributed by atoms with Gasteiger partial charge in [0.25, 0.3) is 0 Å². The summed E-state index contributed by atoms with van der Waals surface area (Å²) < 4.78 is 25.9. The Labute approximate surface area is 90.5 Å². The first kappa shape index (κ1) is 11.8. The minimum atomic E-state index is -3.32. The van der Waals surface area contributed by atoms with Crippen molar-refractivity contribution in [1.29, 1.82) is 0 Å². The molecule has 0 radical (unpaired) electrons. The van der Waals surface area contributed by atoms with Crippen molar-refractivity contribution >= 4 is 21.4 Å². The second-order valence-corrected chi connectivity index (χ2v) is 5.55. The number of hydrogen-bond donors (Lipinski definition) is 2. The number of nitrogen functional groups attached to an aromatic ring is 1. The van der Waals surface area contributed by atoms with Gasteiger partial charge in [0.15, 0.2) is 0 Å². The highest BCUT2D eigenvalue weighted by Crippen LogP contribution is 2.20. The van der Waals surface area contributed by atoms with Crippen molar-refractivity contribution in [2.24, 2.45) is 0 Å². The summed E-state index contributed by atoms with van der Waals surface area (Å²) in [6.07, 6.45) is 0.571. The highest BCUT2D eigenvalue weighted by molar-refractivity contribution is 7.93. The maximum atomic E-state index is 11.7. The summed E-state index contributed by atoms with van der Waals surface area (Å²) in [5, 5.41) is -0.419. The Morgan fingerprint density at radius 2 is 2.00 bits per heavy atom. The number of benzene rings is 1. The van der Waals surface area contributed by atoms with Gasteiger partial charge in [-0.05, 0) is 25.5 Å². The summed E-state index contributed by atoms with van der Waals surface area (Å²) in [6.45, 7) is 3.50. The quantitative estimate of drug-likeness (QED) is 0.772. The summed E-state index contributed by atoms with van der Waals surface area (Å²) >= 11 is 0. The lowest BCUT2D eigenvalue weighted by atomic mass is 10.3. The molecule has 5 heteroatoms. The van der Waals surface area contributed by atoms with E-state index in [9.17, 15) is 8.42 Å². The van der Waals surface area contributed by atoms with Gasteiger partial charge in [-0.3, -0.25) is 4.72 Å². The smallest absolute Gasteiger partial charge is 0.235 e. The van der Waals surface area contributed by atoms with Gasteiger partial charge in [-0.1, -0.05) is 19.1 Å². The van der Waals surface area contributed by atoms with Crippen LogP contribution in [0.5, 0.6) is 0 Å². The molecule has 1 atom stereocenters. The van der Waals surface area contributed by atoms with Crippen molar-refractivity contribution in [2.75, 3.05) is 10.5 Å². The zero-order chi connectivity index (χ0) is 11.5. The fraction of sp³-hybridized carbons (Fsp3) is 0.400. The van der Waals surface area contributed by atoms with Gasteiger partial charge in [-0.25, -0.2) is 8.42 Å². The Morgan fingerprint density at radius 3 is 2.53 bits per heavy atom. The Bertz CT molecular complexity index is 429. The fourth-order valence-electron chi connectivity index (χ4n) is 1.06. The van der Waals surface area contributed by atoms with Crippen LogP contribution in [0.1, 0.15) is 20.3 Å². The van der Waals surface area contributed by atoms with Gasteiger partial charge in [0.1, 0.15) is 0 Å². The molecule has 0 fully saturated rings. The number of nitrogens with one attached hydrogen (secondary N) is 1.